The summed E-state index contributed by atoms with van der Waals surface area (Å²) in [6.07, 6.45) is 2.66. The normalized spacial score (nSPS) is 38.5. The fourth-order valence-electron chi connectivity index (χ4n) is 6.87. The molecule has 4 fully saturated rings. The van der Waals surface area contributed by atoms with Crippen molar-refractivity contribution in [3.05, 3.63) is 35.5 Å². The molecule has 2 unspecified atom stereocenters. The molecular formula is C22H31N3O+2. The predicted molar refractivity (Wildman–Crippen MR) is 102 cm³/mol. The topological polar surface area (TPSA) is 30.9 Å². The molecule has 0 aliphatic carbocycles. The van der Waals surface area contributed by atoms with Crippen LogP contribution in [0.4, 0.5) is 0 Å². The smallest absolute Gasteiger partial charge is 0.242 e. The molecule has 0 saturated carbocycles. The van der Waals surface area contributed by atoms with Crippen molar-refractivity contribution in [2.45, 2.75) is 39.8 Å². The number of nitrogens with zero attached hydrogens (tertiary/aromatic N) is 1. The van der Waals surface area contributed by atoms with Gasteiger partial charge >= 0.3 is 0 Å². The minimum absolute atomic E-state index is 0.0698. The highest BCUT2D eigenvalue weighted by molar-refractivity contribution is 5.92. The van der Waals surface area contributed by atoms with Gasteiger partial charge in [0, 0.05) is 23.6 Å². The summed E-state index contributed by atoms with van der Waals surface area (Å²) in [7, 11) is 2.19. The van der Waals surface area contributed by atoms with Gasteiger partial charge < -0.3 is 4.57 Å². The van der Waals surface area contributed by atoms with Gasteiger partial charge in [0.2, 0.25) is 6.17 Å². The van der Waals surface area contributed by atoms with E-state index in [4.69, 9.17) is 0 Å². The van der Waals surface area contributed by atoms with Crippen LogP contribution in [0.25, 0.3) is 10.9 Å². The van der Waals surface area contributed by atoms with E-state index in [1.807, 2.05) is 0 Å². The van der Waals surface area contributed by atoms with Crippen molar-refractivity contribution in [2.75, 3.05) is 26.2 Å². The van der Waals surface area contributed by atoms with E-state index in [9.17, 15) is 4.79 Å². The maximum absolute atomic E-state index is 13.3. The Labute approximate surface area is 155 Å². The summed E-state index contributed by atoms with van der Waals surface area (Å²) < 4.78 is 2.35. The standard InChI is InChI=1S/C22H29N3O/c1-5-10-22-13-24-11-21(3,20(22)26)12-25(14-22)19(24)18-15(2)23(4)17-9-7-6-8-16(17)18/h6-9,19H,5,10-14H2,1-4H3/p+2. The quantitative estimate of drug-likeness (QED) is 0.834. The van der Waals surface area contributed by atoms with Crippen molar-refractivity contribution < 1.29 is 14.6 Å². The Bertz CT molecular complexity index is 895. The number of hydrogen-bond acceptors (Lipinski definition) is 1. The van der Waals surface area contributed by atoms with E-state index < -0.39 is 0 Å². The molecule has 4 saturated heterocycles. The number of carbonyl (C=O) groups is 1. The fourth-order valence-corrected chi connectivity index (χ4v) is 6.87. The third-order valence-electron chi connectivity index (χ3n) is 7.68. The Morgan fingerprint density at radius 2 is 1.81 bits per heavy atom. The number of hydrogen-bond donors (Lipinski definition) is 2. The third-order valence-corrected chi connectivity index (χ3v) is 7.68. The van der Waals surface area contributed by atoms with Gasteiger partial charge in [-0.25, -0.2) is 0 Å². The molecule has 4 nitrogen and oxygen atoms in total. The molecule has 26 heavy (non-hydrogen) atoms. The number of carbonyl (C=O) groups excluding carboxylic acids is 1. The monoisotopic (exact) mass is 353 g/mol. The van der Waals surface area contributed by atoms with Gasteiger partial charge in [0.15, 0.2) is 5.78 Å². The summed E-state index contributed by atoms with van der Waals surface area (Å²) in [6, 6.07) is 8.83. The van der Waals surface area contributed by atoms with Crippen LogP contribution in [0.5, 0.6) is 0 Å². The third kappa shape index (κ3) is 1.89. The van der Waals surface area contributed by atoms with Gasteiger partial charge in [-0.05, 0) is 26.3 Å². The fraction of sp³-hybridized carbons (Fsp3) is 0.591. The number of rotatable bonds is 3. The molecule has 4 heteroatoms. The van der Waals surface area contributed by atoms with Gasteiger partial charge in [-0.1, -0.05) is 31.5 Å². The zero-order valence-corrected chi connectivity index (χ0v) is 16.5. The Hall–Kier alpha value is -1.65. The Kier molecular flexibility index (Phi) is 3.31. The molecule has 0 spiro atoms. The van der Waals surface area contributed by atoms with E-state index in [1.54, 1.807) is 9.80 Å². The minimum atomic E-state index is -0.120. The van der Waals surface area contributed by atoms with Crippen LogP contribution in [0.15, 0.2) is 24.3 Å². The van der Waals surface area contributed by atoms with E-state index in [0.29, 0.717) is 11.9 Å². The highest BCUT2D eigenvalue weighted by Crippen LogP contribution is 2.40. The van der Waals surface area contributed by atoms with Crippen LogP contribution in [0, 0.1) is 17.8 Å². The number of nitrogens with one attached hydrogen (secondary N) is 2. The lowest BCUT2D eigenvalue weighted by Gasteiger charge is -2.59. The van der Waals surface area contributed by atoms with Gasteiger partial charge in [0.05, 0.1) is 5.56 Å². The Morgan fingerprint density at radius 3 is 2.46 bits per heavy atom. The number of aromatic nitrogens is 1. The van der Waals surface area contributed by atoms with E-state index in [1.165, 1.54) is 22.2 Å². The number of Topliss-reactive ketones (excluding diaryl/α,β-unsaturated/α-hetero) is 1. The first-order valence-electron chi connectivity index (χ1n) is 10.2. The number of quaternary nitrogens is 2. The number of benzene rings is 1. The summed E-state index contributed by atoms with van der Waals surface area (Å²) in [4.78, 5) is 16.6. The summed E-state index contributed by atoms with van der Waals surface area (Å²) in [5.74, 6) is 0.576. The number of para-hydroxylation sites is 1. The molecule has 1 aromatic carbocycles. The lowest BCUT2D eigenvalue weighted by Crippen LogP contribution is -3.41. The molecule has 5 heterocycles. The molecule has 2 aromatic rings. The van der Waals surface area contributed by atoms with E-state index >= 15 is 0 Å². The van der Waals surface area contributed by atoms with Crippen LogP contribution in [0.3, 0.4) is 0 Å². The van der Waals surface area contributed by atoms with Crippen LogP contribution in [0.1, 0.15) is 44.1 Å². The van der Waals surface area contributed by atoms with Crippen molar-refractivity contribution in [1.82, 2.24) is 4.57 Å². The zero-order valence-electron chi connectivity index (χ0n) is 16.5. The Morgan fingerprint density at radius 1 is 1.15 bits per heavy atom. The average molecular weight is 354 g/mol. The molecule has 0 amide bonds. The van der Waals surface area contributed by atoms with Crippen LogP contribution in [-0.4, -0.2) is 36.5 Å². The SMILES string of the molecule is CCCC12C[NH+]3CC(C)(C[NH+](C1)C3c1c(C)n(C)c3ccccc13)C2=O. The maximum Gasteiger partial charge on any atom is 0.242 e. The number of fused-ring (bicyclic) bond motifs is 1. The number of ketones is 1. The van der Waals surface area contributed by atoms with Gasteiger partial charge in [-0.3, -0.25) is 14.6 Å². The van der Waals surface area contributed by atoms with E-state index in [0.717, 1.165) is 39.0 Å². The average Bonchev–Trinajstić information content (AvgIpc) is 2.84. The van der Waals surface area contributed by atoms with Crippen molar-refractivity contribution in [3.63, 3.8) is 0 Å². The zero-order chi connectivity index (χ0) is 18.3. The van der Waals surface area contributed by atoms with E-state index in [-0.39, 0.29) is 10.8 Å². The van der Waals surface area contributed by atoms with Gasteiger partial charge in [-0.15, -0.1) is 0 Å². The molecule has 0 radical (unpaired) electrons. The first-order chi connectivity index (χ1) is 12.4. The molecule has 2 N–H and O–H groups in total. The van der Waals surface area contributed by atoms with Crippen LogP contribution < -0.4 is 9.80 Å². The van der Waals surface area contributed by atoms with Crippen molar-refractivity contribution in [3.8, 4) is 0 Å². The molecule has 6 rings (SSSR count). The minimum Gasteiger partial charge on any atom is -0.347 e. The lowest BCUT2D eigenvalue weighted by atomic mass is 9.59. The molecule has 138 valence electrons. The molecular weight excluding hydrogens is 322 g/mol. The predicted octanol–water partition coefficient (Wildman–Crippen LogP) is 0.658. The van der Waals surface area contributed by atoms with Crippen molar-refractivity contribution in [2.24, 2.45) is 17.9 Å². The highest BCUT2D eigenvalue weighted by atomic mass is 16.1. The highest BCUT2D eigenvalue weighted by Gasteiger charge is 2.69. The largest absolute Gasteiger partial charge is 0.347 e. The second-order valence-electron chi connectivity index (χ2n) is 9.45. The Balaban J connectivity index is 1.65. The van der Waals surface area contributed by atoms with Crippen molar-refractivity contribution >= 4 is 16.7 Å². The van der Waals surface area contributed by atoms with Gasteiger partial charge in [0.1, 0.15) is 37.0 Å². The van der Waals surface area contributed by atoms with Gasteiger partial charge in [0.25, 0.3) is 0 Å². The summed E-state index contributed by atoms with van der Waals surface area (Å²) in [6.45, 7) is 10.8. The summed E-state index contributed by atoms with van der Waals surface area (Å²) in [5, 5.41) is 1.41. The number of aryl methyl sites for hydroxylation is 1. The van der Waals surface area contributed by atoms with Crippen LogP contribution in [0.2, 0.25) is 0 Å². The summed E-state index contributed by atoms with van der Waals surface area (Å²) >= 11 is 0. The first-order valence-corrected chi connectivity index (χ1v) is 10.2. The van der Waals surface area contributed by atoms with Crippen LogP contribution >= 0.6 is 0 Å². The second-order valence-corrected chi connectivity index (χ2v) is 9.45. The number of piperidine rings is 2. The molecule has 4 aliphatic heterocycles. The molecule has 1 aromatic heterocycles. The van der Waals surface area contributed by atoms with E-state index in [2.05, 4.69) is 56.7 Å². The van der Waals surface area contributed by atoms with Crippen LogP contribution in [-0.2, 0) is 11.8 Å². The lowest BCUT2D eigenvalue weighted by molar-refractivity contribution is -1.18. The summed E-state index contributed by atoms with van der Waals surface area (Å²) in [5.41, 5.74) is 4.06. The molecule has 4 aliphatic rings. The molecule has 4 bridgehead atoms. The van der Waals surface area contributed by atoms with Crippen molar-refractivity contribution in [1.29, 1.82) is 0 Å². The second kappa shape index (κ2) is 5.20. The van der Waals surface area contributed by atoms with Gasteiger partial charge in [-0.2, -0.15) is 0 Å². The first kappa shape index (κ1) is 16.5. The molecule has 2 atom stereocenters. The maximum atomic E-state index is 13.3.